The standard InChI is InChI=1S/C9H18N4O/c1-2-3-4-13(5-6-14)8-7-11-12-9(8)10/h7,14H,2-6H2,1H3,(H3,10,11,12). The summed E-state index contributed by atoms with van der Waals surface area (Å²) in [6.45, 7) is 3.77. The van der Waals surface area contributed by atoms with E-state index in [4.69, 9.17) is 10.8 Å². The van der Waals surface area contributed by atoms with Crippen LogP contribution >= 0.6 is 0 Å². The fourth-order valence-electron chi connectivity index (χ4n) is 1.36. The minimum Gasteiger partial charge on any atom is -0.395 e. The Balaban J connectivity index is 2.62. The molecule has 1 aromatic rings. The zero-order valence-electron chi connectivity index (χ0n) is 8.53. The Morgan fingerprint density at radius 2 is 2.36 bits per heavy atom. The van der Waals surface area contributed by atoms with Crippen LogP contribution in [0.4, 0.5) is 11.5 Å². The van der Waals surface area contributed by atoms with Gasteiger partial charge in [-0.1, -0.05) is 13.3 Å². The number of aliphatic hydroxyl groups excluding tert-OH is 1. The van der Waals surface area contributed by atoms with Crippen LogP contribution in [0.1, 0.15) is 19.8 Å². The van der Waals surface area contributed by atoms with Crippen molar-refractivity contribution in [2.75, 3.05) is 30.3 Å². The third-order valence-corrected chi connectivity index (χ3v) is 2.14. The first-order valence-corrected chi connectivity index (χ1v) is 4.94. The van der Waals surface area contributed by atoms with Crippen molar-refractivity contribution in [1.82, 2.24) is 10.2 Å². The van der Waals surface area contributed by atoms with Gasteiger partial charge >= 0.3 is 0 Å². The first-order valence-electron chi connectivity index (χ1n) is 4.94. The molecule has 5 nitrogen and oxygen atoms in total. The molecule has 0 unspecified atom stereocenters. The molecule has 0 aromatic carbocycles. The van der Waals surface area contributed by atoms with Crippen molar-refractivity contribution in [2.45, 2.75) is 19.8 Å². The number of H-pyrrole nitrogens is 1. The molecule has 0 aliphatic rings. The number of rotatable bonds is 6. The van der Waals surface area contributed by atoms with E-state index in [2.05, 4.69) is 17.1 Å². The van der Waals surface area contributed by atoms with Crippen LogP contribution in [0.15, 0.2) is 6.20 Å². The van der Waals surface area contributed by atoms with Gasteiger partial charge in [0.1, 0.15) is 5.82 Å². The largest absolute Gasteiger partial charge is 0.395 e. The van der Waals surface area contributed by atoms with Crippen molar-refractivity contribution in [3.05, 3.63) is 6.20 Å². The summed E-state index contributed by atoms with van der Waals surface area (Å²) in [6, 6.07) is 0. The van der Waals surface area contributed by atoms with Crippen molar-refractivity contribution in [2.24, 2.45) is 0 Å². The van der Waals surface area contributed by atoms with Gasteiger partial charge in [0, 0.05) is 13.1 Å². The molecule has 0 bridgehead atoms. The molecule has 0 radical (unpaired) electrons. The summed E-state index contributed by atoms with van der Waals surface area (Å²) in [7, 11) is 0. The molecule has 0 amide bonds. The van der Waals surface area contributed by atoms with Crippen LogP contribution in [-0.2, 0) is 0 Å². The number of nitrogens with one attached hydrogen (secondary N) is 1. The quantitative estimate of drug-likeness (QED) is 0.625. The van der Waals surface area contributed by atoms with Crippen LogP contribution in [0.5, 0.6) is 0 Å². The summed E-state index contributed by atoms with van der Waals surface area (Å²) < 4.78 is 0. The molecular formula is C9H18N4O. The Hall–Kier alpha value is -1.23. The Morgan fingerprint density at radius 1 is 1.57 bits per heavy atom. The molecule has 14 heavy (non-hydrogen) atoms. The second-order valence-electron chi connectivity index (χ2n) is 3.23. The molecule has 0 aliphatic heterocycles. The molecule has 1 rings (SSSR count). The summed E-state index contributed by atoms with van der Waals surface area (Å²) >= 11 is 0. The van der Waals surface area contributed by atoms with Gasteiger partial charge in [-0.15, -0.1) is 0 Å². The van der Waals surface area contributed by atoms with Crippen LogP contribution in [0, 0.1) is 0 Å². The minimum absolute atomic E-state index is 0.133. The van der Waals surface area contributed by atoms with Crippen molar-refractivity contribution < 1.29 is 5.11 Å². The number of hydrogen-bond acceptors (Lipinski definition) is 4. The van der Waals surface area contributed by atoms with E-state index in [9.17, 15) is 0 Å². The number of aromatic nitrogens is 2. The predicted octanol–water partition coefficient (Wildman–Crippen LogP) is 0.591. The Kier molecular flexibility index (Phi) is 4.25. The van der Waals surface area contributed by atoms with Gasteiger partial charge in [0.05, 0.1) is 18.5 Å². The molecule has 0 saturated carbocycles. The summed E-state index contributed by atoms with van der Waals surface area (Å²) in [5, 5.41) is 15.5. The lowest BCUT2D eigenvalue weighted by Gasteiger charge is -2.22. The van der Waals surface area contributed by atoms with E-state index in [1.54, 1.807) is 6.20 Å². The predicted molar refractivity (Wildman–Crippen MR) is 57.2 cm³/mol. The van der Waals surface area contributed by atoms with Gasteiger partial charge in [-0.05, 0) is 6.42 Å². The smallest absolute Gasteiger partial charge is 0.142 e. The number of unbranched alkanes of at least 4 members (excludes halogenated alkanes) is 1. The molecule has 80 valence electrons. The maximum Gasteiger partial charge on any atom is 0.142 e. The maximum atomic E-state index is 8.91. The van der Waals surface area contributed by atoms with Gasteiger partial charge in [0.25, 0.3) is 0 Å². The number of aromatic amines is 1. The highest BCUT2D eigenvalue weighted by molar-refractivity contribution is 5.61. The molecule has 0 saturated heterocycles. The Bertz CT molecular complexity index is 261. The van der Waals surface area contributed by atoms with E-state index in [1.807, 2.05) is 4.90 Å². The van der Waals surface area contributed by atoms with Crippen molar-refractivity contribution in [3.8, 4) is 0 Å². The van der Waals surface area contributed by atoms with E-state index in [-0.39, 0.29) is 6.61 Å². The maximum absolute atomic E-state index is 8.91. The molecule has 0 spiro atoms. The highest BCUT2D eigenvalue weighted by Crippen LogP contribution is 2.19. The summed E-state index contributed by atoms with van der Waals surface area (Å²) in [5.74, 6) is 0.564. The van der Waals surface area contributed by atoms with Gasteiger partial charge < -0.3 is 15.7 Å². The third-order valence-electron chi connectivity index (χ3n) is 2.14. The van der Waals surface area contributed by atoms with E-state index in [1.165, 1.54) is 0 Å². The van der Waals surface area contributed by atoms with Gasteiger partial charge in [0.2, 0.25) is 0 Å². The molecular weight excluding hydrogens is 180 g/mol. The van der Waals surface area contributed by atoms with E-state index >= 15 is 0 Å². The normalized spacial score (nSPS) is 10.4. The Morgan fingerprint density at radius 3 is 2.86 bits per heavy atom. The highest BCUT2D eigenvalue weighted by atomic mass is 16.3. The topological polar surface area (TPSA) is 78.2 Å². The van der Waals surface area contributed by atoms with E-state index in [0.29, 0.717) is 12.4 Å². The molecule has 1 aromatic heterocycles. The second kappa shape index (κ2) is 5.49. The average molecular weight is 198 g/mol. The first kappa shape index (κ1) is 10.8. The third kappa shape index (κ3) is 2.63. The van der Waals surface area contributed by atoms with Gasteiger partial charge in [-0.2, -0.15) is 5.10 Å². The van der Waals surface area contributed by atoms with Gasteiger partial charge in [-0.3, -0.25) is 5.10 Å². The van der Waals surface area contributed by atoms with Crippen molar-refractivity contribution in [1.29, 1.82) is 0 Å². The molecule has 4 N–H and O–H groups in total. The second-order valence-corrected chi connectivity index (χ2v) is 3.23. The number of nitrogen functional groups attached to an aromatic ring is 1. The van der Waals surface area contributed by atoms with E-state index in [0.717, 1.165) is 25.1 Å². The van der Waals surface area contributed by atoms with Crippen LogP contribution in [0.3, 0.4) is 0 Å². The summed E-state index contributed by atoms with van der Waals surface area (Å²) in [5.41, 5.74) is 6.58. The molecule has 5 heteroatoms. The monoisotopic (exact) mass is 198 g/mol. The fourth-order valence-corrected chi connectivity index (χ4v) is 1.36. The molecule has 0 atom stereocenters. The molecule has 0 fully saturated rings. The van der Waals surface area contributed by atoms with Crippen LogP contribution in [0.25, 0.3) is 0 Å². The van der Waals surface area contributed by atoms with Crippen molar-refractivity contribution >= 4 is 11.5 Å². The minimum atomic E-state index is 0.133. The average Bonchev–Trinajstić information content (AvgIpc) is 2.59. The molecule has 0 aliphatic carbocycles. The highest BCUT2D eigenvalue weighted by Gasteiger charge is 2.09. The lowest BCUT2D eigenvalue weighted by Crippen LogP contribution is -2.28. The summed E-state index contributed by atoms with van der Waals surface area (Å²) in [6.07, 6.45) is 3.91. The number of anilines is 2. The summed E-state index contributed by atoms with van der Waals surface area (Å²) in [4.78, 5) is 2.04. The number of hydrogen-bond donors (Lipinski definition) is 3. The van der Waals surface area contributed by atoms with Crippen LogP contribution in [0.2, 0.25) is 0 Å². The lowest BCUT2D eigenvalue weighted by molar-refractivity contribution is 0.301. The van der Waals surface area contributed by atoms with Crippen molar-refractivity contribution in [3.63, 3.8) is 0 Å². The lowest BCUT2D eigenvalue weighted by atomic mass is 10.3. The van der Waals surface area contributed by atoms with E-state index < -0.39 is 0 Å². The number of nitrogens with two attached hydrogens (primary N) is 1. The van der Waals surface area contributed by atoms with Crippen LogP contribution in [-0.4, -0.2) is 35.0 Å². The Labute approximate surface area is 83.9 Å². The van der Waals surface area contributed by atoms with Crippen LogP contribution < -0.4 is 10.6 Å². The SMILES string of the molecule is CCCCN(CCO)c1cn[nH]c1N. The zero-order valence-corrected chi connectivity index (χ0v) is 8.53. The zero-order chi connectivity index (χ0) is 10.4. The fraction of sp³-hybridized carbons (Fsp3) is 0.667. The molecule has 1 heterocycles. The van der Waals surface area contributed by atoms with Gasteiger partial charge in [-0.25, -0.2) is 0 Å². The number of nitrogens with zero attached hydrogens (tertiary/aromatic N) is 2. The van der Waals surface area contributed by atoms with Gasteiger partial charge in [0.15, 0.2) is 0 Å². The number of aliphatic hydroxyl groups is 1. The first-order chi connectivity index (χ1) is 6.79.